The number of carbonyl (C=O) groups is 1. The van der Waals surface area contributed by atoms with Crippen molar-refractivity contribution in [3.8, 4) is 0 Å². The highest BCUT2D eigenvalue weighted by molar-refractivity contribution is 5.79. The number of carbonyl (C=O) groups excluding carboxylic acids is 1. The van der Waals surface area contributed by atoms with Crippen LogP contribution in [0.25, 0.3) is 0 Å². The van der Waals surface area contributed by atoms with Crippen molar-refractivity contribution in [3.63, 3.8) is 0 Å². The molecule has 0 heterocycles. The summed E-state index contributed by atoms with van der Waals surface area (Å²) in [5.74, 6) is -0.0292. The third kappa shape index (κ3) is 5.31. The number of benzene rings is 1. The lowest BCUT2D eigenvalue weighted by molar-refractivity contribution is -0.125. The van der Waals surface area contributed by atoms with Gasteiger partial charge in [-0.3, -0.25) is 4.79 Å². The van der Waals surface area contributed by atoms with E-state index < -0.39 is 0 Å². The van der Waals surface area contributed by atoms with E-state index in [1.165, 1.54) is 0 Å². The molecule has 112 valence electrons. The van der Waals surface area contributed by atoms with Gasteiger partial charge in [0.1, 0.15) is 0 Å². The van der Waals surface area contributed by atoms with E-state index in [9.17, 15) is 4.79 Å². The van der Waals surface area contributed by atoms with Crippen molar-refractivity contribution in [2.75, 3.05) is 27.2 Å². The quantitative estimate of drug-likeness (QED) is 0.761. The maximum atomic E-state index is 12.3. The molecule has 20 heavy (non-hydrogen) atoms. The average Bonchev–Trinajstić information content (AvgIpc) is 2.44. The summed E-state index contributed by atoms with van der Waals surface area (Å²) < 4.78 is 0. The molecule has 4 heteroatoms. The number of amides is 1. The number of hydrogen-bond acceptors (Lipinski definition) is 3. The summed E-state index contributed by atoms with van der Waals surface area (Å²) in [6.07, 6.45) is 1.81. The molecule has 1 amide bonds. The molecule has 0 aliphatic carbocycles. The molecule has 2 unspecified atom stereocenters. The van der Waals surface area contributed by atoms with Crippen molar-refractivity contribution >= 4 is 5.91 Å². The molecule has 0 radical (unpaired) electrons. The lowest BCUT2D eigenvalue weighted by Gasteiger charge is -2.25. The molecule has 2 atom stereocenters. The summed E-state index contributed by atoms with van der Waals surface area (Å²) in [7, 11) is 4.02. The number of hydrogen-bond donors (Lipinski definition) is 2. The summed E-state index contributed by atoms with van der Waals surface area (Å²) in [6.45, 7) is 3.26. The number of nitrogens with zero attached hydrogens (tertiary/aromatic N) is 1. The first-order chi connectivity index (χ1) is 9.58. The third-order valence-electron chi connectivity index (χ3n) is 3.36. The zero-order valence-corrected chi connectivity index (χ0v) is 12.8. The second-order valence-corrected chi connectivity index (χ2v) is 5.46. The van der Waals surface area contributed by atoms with Crippen LogP contribution in [-0.4, -0.2) is 38.0 Å². The van der Waals surface area contributed by atoms with Gasteiger partial charge in [0, 0.05) is 13.1 Å². The van der Waals surface area contributed by atoms with E-state index >= 15 is 0 Å². The van der Waals surface area contributed by atoms with Crippen LogP contribution in [-0.2, 0) is 4.79 Å². The Bertz CT molecular complexity index is 392. The molecule has 1 rings (SSSR count). The zero-order chi connectivity index (χ0) is 15.0. The standard InChI is InChI=1S/C16H27N3O/c1-4-8-14(11-17)16(20)18-15(12-19(2)3)13-9-6-5-7-10-13/h5-7,9-10,14-15H,4,8,11-12,17H2,1-3H3,(H,18,20). The van der Waals surface area contributed by atoms with Crippen molar-refractivity contribution < 1.29 is 4.79 Å². The number of likely N-dealkylation sites (N-methyl/N-ethyl adjacent to an activating group) is 1. The Morgan fingerprint density at radius 2 is 1.95 bits per heavy atom. The van der Waals surface area contributed by atoms with E-state index in [2.05, 4.69) is 17.1 Å². The Hall–Kier alpha value is -1.39. The van der Waals surface area contributed by atoms with Crippen LogP contribution in [0.15, 0.2) is 30.3 Å². The van der Waals surface area contributed by atoms with Crippen molar-refractivity contribution in [1.82, 2.24) is 10.2 Å². The maximum Gasteiger partial charge on any atom is 0.224 e. The smallest absolute Gasteiger partial charge is 0.224 e. The molecule has 0 aliphatic heterocycles. The van der Waals surface area contributed by atoms with Crippen LogP contribution in [0.1, 0.15) is 31.4 Å². The molecule has 0 spiro atoms. The van der Waals surface area contributed by atoms with E-state index in [-0.39, 0.29) is 17.9 Å². The van der Waals surface area contributed by atoms with E-state index in [1.54, 1.807) is 0 Å². The first-order valence-corrected chi connectivity index (χ1v) is 7.28. The minimum Gasteiger partial charge on any atom is -0.348 e. The number of rotatable bonds is 8. The van der Waals surface area contributed by atoms with Gasteiger partial charge in [0.2, 0.25) is 5.91 Å². The fraction of sp³-hybridized carbons (Fsp3) is 0.562. The Labute approximate surface area is 122 Å². The van der Waals surface area contributed by atoms with Crippen molar-refractivity contribution in [1.29, 1.82) is 0 Å². The van der Waals surface area contributed by atoms with E-state index in [0.29, 0.717) is 6.54 Å². The Morgan fingerprint density at radius 3 is 2.45 bits per heavy atom. The highest BCUT2D eigenvalue weighted by Crippen LogP contribution is 2.15. The molecule has 4 nitrogen and oxygen atoms in total. The number of nitrogens with two attached hydrogens (primary N) is 1. The van der Waals surface area contributed by atoms with Crippen LogP contribution in [0.2, 0.25) is 0 Å². The first-order valence-electron chi connectivity index (χ1n) is 7.28. The second kappa shape index (κ2) is 8.72. The predicted molar refractivity (Wildman–Crippen MR) is 83.3 cm³/mol. The molecular formula is C16H27N3O. The van der Waals surface area contributed by atoms with Crippen LogP contribution in [0.4, 0.5) is 0 Å². The van der Waals surface area contributed by atoms with Gasteiger partial charge in [0.25, 0.3) is 0 Å². The van der Waals surface area contributed by atoms with Crippen molar-refractivity contribution in [2.45, 2.75) is 25.8 Å². The minimum absolute atomic E-state index is 0.00426. The van der Waals surface area contributed by atoms with Crippen LogP contribution < -0.4 is 11.1 Å². The summed E-state index contributed by atoms with van der Waals surface area (Å²) in [5, 5.41) is 3.14. The molecule has 0 aliphatic rings. The van der Waals surface area contributed by atoms with Crippen LogP contribution >= 0.6 is 0 Å². The minimum atomic E-state index is -0.0895. The summed E-state index contributed by atoms with van der Waals surface area (Å²) in [6, 6.07) is 10.1. The molecule has 0 fully saturated rings. The molecule has 0 bridgehead atoms. The van der Waals surface area contributed by atoms with Crippen LogP contribution in [0, 0.1) is 5.92 Å². The van der Waals surface area contributed by atoms with Crippen LogP contribution in [0.5, 0.6) is 0 Å². The van der Waals surface area contributed by atoms with Crippen molar-refractivity contribution in [2.24, 2.45) is 11.7 Å². The Balaban J connectivity index is 2.77. The van der Waals surface area contributed by atoms with Crippen molar-refractivity contribution in [3.05, 3.63) is 35.9 Å². The maximum absolute atomic E-state index is 12.3. The molecule has 1 aromatic rings. The predicted octanol–water partition coefficient (Wildman–Crippen LogP) is 1.78. The largest absolute Gasteiger partial charge is 0.348 e. The van der Waals surface area contributed by atoms with E-state index in [1.807, 2.05) is 44.4 Å². The zero-order valence-electron chi connectivity index (χ0n) is 12.8. The Kier molecular flexibility index (Phi) is 7.26. The van der Waals surface area contributed by atoms with Gasteiger partial charge in [-0.1, -0.05) is 43.7 Å². The first kappa shape index (κ1) is 16.7. The van der Waals surface area contributed by atoms with Gasteiger partial charge in [0.05, 0.1) is 12.0 Å². The summed E-state index contributed by atoms with van der Waals surface area (Å²) in [4.78, 5) is 14.4. The molecular weight excluding hydrogens is 250 g/mol. The third-order valence-corrected chi connectivity index (χ3v) is 3.36. The van der Waals surface area contributed by atoms with Gasteiger partial charge >= 0.3 is 0 Å². The summed E-state index contributed by atoms with van der Waals surface area (Å²) in [5.41, 5.74) is 6.83. The average molecular weight is 277 g/mol. The van der Waals surface area contributed by atoms with E-state index in [0.717, 1.165) is 24.9 Å². The van der Waals surface area contributed by atoms with Gasteiger partial charge in [-0.25, -0.2) is 0 Å². The van der Waals surface area contributed by atoms with Gasteiger partial charge in [-0.2, -0.15) is 0 Å². The van der Waals surface area contributed by atoms with Gasteiger partial charge in [-0.05, 0) is 26.1 Å². The van der Waals surface area contributed by atoms with Gasteiger partial charge < -0.3 is 16.0 Å². The van der Waals surface area contributed by atoms with Gasteiger partial charge in [0.15, 0.2) is 0 Å². The normalized spacial score (nSPS) is 14.1. The molecule has 0 saturated heterocycles. The lowest BCUT2D eigenvalue weighted by Crippen LogP contribution is -2.40. The fourth-order valence-corrected chi connectivity index (χ4v) is 2.28. The molecule has 0 saturated carbocycles. The highest BCUT2D eigenvalue weighted by atomic mass is 16.2. The highest BCUT2D eigenvalue weighted by Gasteiger charge is 2.21. The fourth-order valence-electron chi connectivity index (χ4n) is 2.28. The van der Waals surface area contributed by atoms with Crippen LogP contribution in [0.3, 0.4) is 0 Å². The summed E-state index contributed by atoms with van der Waals surface area (Å²) >= 11 is 0. The number of nitrogens with one attached hydrogen (secondary N) is 1. The topological polar surface area (TPSA) is 58.4 Å². The molecule has 3 N–H and O–H groups in total. The molecule has 0 aromatic heterocycles. The SMILES string of the molecule is CCCC(CN)C(=O)NC(CN(C)C)c1ccccc1. The van der Waals surface area contributed by atoms with Gasteiger partial charge in [-0.15, -0.1) is 0 Å². The molecule has 1 aromatic carbocycles. The van der Waals surface area contributed by atoms with E-state index in [4.69, 9.17) is 5.73 Å². The Morgan fingerprint density at radius 1 is 1.30 bits per heavy atom. The monoisotopic (exact) mass is 277 g/mol. The second-order valence-electron chi connectivity index (χ2n) is 5.46. The lowest BCUT2D eigenvalue weighted by atomic mass is 10.0.